The van der Waals surface area contributed by atoms with Crippen molar-refractivity contribution < 1.29 is 4.79 Å². The number of halogens is 1. The van der Waals surface area contributed by atoms with Crippen molar-refractivity contribution in [2.45, 2.75) is 6.92 Å². The summed E-state index contributed by atoms with van der Waals surface area (Å²) >= 11 is 0. The van der Waals surface area contributed by atoms with Crippen molar-refractivity contribution in [1.29, 1.82) is 0 Å². The quantitative estimate of drug-likeness (QED) is 0.673. The van der Waals surface area contributed by atoms with Crippen LogP contribution in [0.15, 0.2) is 18.2 Å². The smallest absolute Gasteiger partial charge is 0.253 e. The Morgan fingerprint density at radius 3 is 2.62 bits per heavy atom. The maximum atomic E-state index is 11.2. The molecule has 0 fully saturated rings. The van der Waals surface area contributed by atoms with E-state index in [1.54, 1.807) is 13.1 Å². The van der Waals surface area contributed by atoms with Crippen LogP contribution in [0.4, 0.5) is 5.69 Å². The Balaban J connectivity index is 0.00000144. The van der Waals surface area contributed by atoms with E-state index >= 15 is 0 Å². The monoisotopic (exact) mass is 200 g/mol. The highest BCUT2D eigenvalue weighted by Gasteiger charge is 2.07. The van der Waals surface area contributed by atoms with Crippen molar-refractivity contribution in [2.75, 3.05) is 12.8 Å². The Kier molecular flexibility index (Phi) is 4.28. The van der Waals surface area contributed by atoms with Gasteiger partial charge in [-0.15, -0.1) is 12.4 Å². The first-order valence-electron chi connectivity index (χ1n) is 3.74. The molecule has 1 amide bonds. The Morgan fingerprint density at radius 2 is 2.08 bits per heavy atom. The van der Waals surface area contributed by atoms with Crippen LogP contribution in [0.1, 0.15) is 15.9 Å². The molecule has 4 heteroatoms. The summed E-state index contributed by atoms with van der Waals surface area (Å²) in [4.78, 5) is 11.2. The van der Waals surface area contributed by atoms with E-state index in [1.165, 1.54) is 0 Å². The van der Waals surface area contributed by atoms with Crippen LogP contribution in [0, 0.1) is 6.92 Å². The van der Waals surface area contributed by atoms with Gasteiger partial charge in [0.1, 0.15) is 0 Å². The number of hydrogen-bond donors (Lipinski definition) is 2. The Morgan fingerprint density at radius 1 is 1.46 bits per heavy atom. The summed E-state index contributed by atoms with van der Waals surface area (Å²) in [7, 11) is 1.59. The molecule has 0 heterocycles. The van der Waals surface area contributed by atoms with Crippen molar-refractivity contribution in [1.82, 2.24) is 5.32 Å². The van der Waals surface area contributed by atoms with E-state index in [1.807, 2.05) is 19.1 Å². The molecule has 1 aromatic carbocycles. The second kappa shape index (κ2) is 4.72. The van der Waals surface area contributed by atoms with E-state index in [0.717, 1.165) is 5.56 Å². The molecule has 3 nitrogen and oxygen atoms in total. The number of para-hydroxylation sites is 1. The van der Waals surface area contributed by atoms with Gasteiger partial charge in [0.25, 0.3) is 5.91 Å². The van der Waals surface area contributed by atoms with Crippen molar-refractivity contribution in [2.24, 2.45) is 0 Å². The molecule has 0 aliphatic heterocycles. The van der Waals surface area contributed by atoms with E-state index in [9.17, 15) is 4.79 Å². The molecule has 13 heavy (non-hydrogen) atoms. The van der Waals surface area contributed by atoms with E-state index in [4.69, 9.17) is 5.73 Å². The number of aryl methyl sites for hydroxylation is 1. The summed E-state index contributed by atoms with van der Waals surface area (Å²) in [5, 5.41) is 2.53. The SMILES string of the molecule is CNC(=O)c1cccc(C)c1N.Cl. The van der Waals surface area contributed by atoms with Crippen LogP contribution < -0.4 is 11.1 Å². The first kappa shape index (κ1) is 11.8. The number of nitrogen functional groups attached to an aromatic ring is 1. The first-order valence-corrected chi connectivity index (χ1v) is 3.74. The van der Waals surface area contributed by atoms with Crippen LogP contribution in [0.25, 0.3) is 0 Å². The molecule has 0 radical (unpaired) electrons. The fourth-order valence-electron chi connectivity index (χ4n) is 1.01. The van der Waals surface area contributed by atoms with Gasteiger partial charge in [-0.25, -0.2) is 0 Å². The average molecular weight is 201 g/mol. The number of rotatable bonds is 1. The van der Waals surface area contributed by atoms with Gasteiger partial charge in [-0.3, -0.25) is 4.79 Å². The Bertz CT molecular complexity index is 312. The molecule has 0 aliphatic rings. The number of anilines is 1. The lowest BCUT2D eigenvalue weighted by Gasteiger charge is -2.05. The zero-order valence-corrected chi connectivity index (χ0v) is 8.44. The second-order valence-electron chi connectivity index (χ2n) is 2.62. The molecule has 1 rings (SSSR count). The minimum atomic E-state index is -0.142. The molecule has 0 aromatic heterocycles. The molecule has 0 unspecified atom stereocenters. The fourth-order valence-corrected chi connectivity index (χ4v) is 1.01. The first-order chi connectivity index (χ1) is 5.66. The number of amides is 1. The normalized spacial score (nSPS) is 8.77. The molecule has 0 saturated heterocycles. The molecule has 72 valence electrons. The number of carbonyl (C=O) groups is 1. The predicted molar refractivity (Wildman–Crippen MR) is 56.2 cm³/mol. The molecule has 0 saturated carbocycles. The van der Waals surface area contributed by atoms with Gasteiger partial charge in [0.05, 0.1) is 5.56 Å². The summed E-state index contributed by atoms with van der Waals surface area (Å²) in [5.41, 5.74) is 7.72. The molecule has 0 atom stereocenters. The number of benzene rings is 1. The number of carbonyl (C=O) groups excluding carboxylic acids is 1. The summed E-state index contributed by atoms with van der Waals surface area (Å²) in [6.07, 6.45) is 0. The number of nitrogens with one attached hydrogen (secondary N) is 1. The lowest BCUT2D eigenvalue weighted by molar-refractivity contribution is 0.0964. The van der Waals surface area contributed by atoms with E-state index < -0.39 is 0 Å². The third kappa shape index (κ3) is 2.36. The number of nitrogens with two attached hydrogens (primary N) is 1. The van der Waals surface area contributed by atoms with Gasteiger partial charge in [0.2, 0.25) is 0 Å². The molecule has 0 spiro atoms. The number of hydrogen-bond acceptors (Lipinski definition) is 2. The van der Waals surface area contributed by atoms with E-state index in [0.29, 0.717) is 11.3 Å². The minimum Gasteiger partial charge on any atom is -0.398 e. The predicted octanol–water partition coefficient (Wildman–Crippen LogP) is 1.36. The van der Waals surface area contributed by atoms with E-state index in [2.05, 4.69) is 5.32 Å². The molecular weight excluding hydrogens is 188 g/mol. The third-order valence-electron chi connectivity index (χ3n) is 1.80. The van der Waals surface area contributed by atoms with Crippen LogP contribution >= 0.6 is 12.4 Å². The highest BCUT2D eigenvalue weighted by molar-refractivity contribution is 5.99. The summed E-state index contributed by atoms with van der Waals surface area (Å²) < 4.78 is 0. The van der Waals surface area contributed by atoms with Gasteiger partial charge in [-0.2, -0.15) is 0 Å². The molecule has 3 N–H and O–H groups in total. The van der Waals surface area contributed by atoms with Crippen molar-refractivity contribution in [3.8, 4) is 0 Å². The van der Waals surface area contributed by atoms with Gasteiger partial charge in [0.15, 0.2) is 0 Å². The molecular formula is C9H13ClN2O. The zero-order valence-electron chi connectivity index (χ0n) is 7.63. The highest BCUT2D eigenvalue weighted by Crippen LogP contribution is 2.15. The lowest BCUT2D eigenvalue weighted by Crippen LogP contribution is -2.19. The molecule has 1 aromatic rings. The van der Waals surface area contributed by atoms with Gasteiger partial charge >= 0.3 is 0 Å². The fraction of sp³-hybridized carbons (Fsp3) is 0.222. The van der Waals surface area contributed by atoms with Crippen LogP contribution in [-0.4, -0.2) is 13.0 Å². The molecule has 0 aliphatic carbocycles. The van der Waals surface area contributed by atoms with E-state index in [-0.39, 0.29) is 18.3 Å². The maximum Gasteiger partial charge on any atom is 0.253 e. The van der Waals surface area contributed by atoms with Gasteiger partial charge in [-0.1, -0.05) is 12.1 Å². The lowest BCUT2D eigenvalue weighted by atomic mass is 10.1. The maximum absolute atomic E-state index is 11.2. The zero-order chi connectivity index (χ0) is 9.14. The summed E-state index contributed by atoms with van der Waals surface area (Å²) in [5.74, 6) is -0.142. The second-order valence-corrected chi connectivity index (χ2v) is 2.62. The van der Waals surface area contributed by atoms with Gasteiger partial charge < -0.3 is 11.1 Å². The summed E-state index contributed by atoms with van der Waals surface area (Å²) in [6, 6.07) is 5.40. The Hall–Kier alpha value is -1.22. The largest absolute Gasteiger partial charge is 0.398 e. The third-order valence-corrected chi connectivity index (χ3v) is 1.80. The standard InChI is InChI=1S/C9H12N2O.ClH/c1-6-4-3-5-7(8(6)10)9(12)11-2;/h3-5H,10H2,1-2H3,(H,11,12);1H. The van der Waals surface area contributed by atoms with Crippen LogP contribution in [-0.2, 0) is 0 Å². The van der Waals surface area contributed by atoms with Gasteiger partial charge in [-0.05, 0) is 18.6 Å². The Labute approximate surface area is 83.7 Å². The van der Waals surface area contributed by atoms with Crippen molar-refractivity contribution >= 4 is 24.0 Å². The van der Waals surface area contributed by atoms with Crippen LogP contribution in [0.2, 0.25) is 0 Å². The van der Waals surface area contributed by atoms with Crippen molar-refractivity contribution in [3.05, 3.63) is 29.3 Å². The van der Waals surface area contributed by atoms with Crippen LogP contribution in [0.5, 0.6) is 0 Å². The van der Waals surface area contributed by atoms with Crippen molar-refractivity contribution in [3.63, 3.8) is 0 Å². The average Bonchev–Trinajstić information content (AvgIpc) is 2.08. The van der Waals surface area contributed by atoms with Crippen LogP contribution in [0.3, 0.4) is 0 Å². The van der Waals surface area contributed by atoms with Gasteiger partial charge in [0, 0.05) is 12.7 Å². The minimum absolute atomic E-state index is 0. The molecule has 0 bridgehead atoms. The summed E-state index contributed by atoms with van der Waals surface area (Å²) in [6.45, 7) is 1.88. The highest BCUT2D eigenvalue weighted by atomic mass is 35.5. The topological polar surface area (TPSA) is 55.1 Å².